The van der Waals surface area contributed by atoms with Crippen molar-refractivity contribution in [3.8, 4) is 5.75 Å². The number of carbonyl (C=O) groups excluding carboxylic acids is 1. The first-order valence-corrected chi connectivity index (χ1v) is 5.39. The van der Waals surface area contributed by atoms with Crippen molar-refractivity contribution in [2.75, 3.05) is 18.2 Å². The van der Waals surface area contributed by atoms with Gasteiger partial charge < -0.3 is 15.8 Å². The van der Waals surface area contributed by atoms with E-state index in [0.717, 1.165) is 24.1 Å². The number of hydrogen-bond acceptors (Lipinski definition) is 3. The van der Waals surface area contributed by atoms with Crippen molar-refractivity contribution >= 4 is 17.3 Å². The number of nitrogen functional groups attached to an aromatic ring is 1. The molecule has 0 aromatic heterocycles. The molecular weight excluding hydrogens is 204 g/mol. The maximum absolute atomic E-state index is 11.7. The maximum atomic E-state index is 11.7. The van der Waals surface area contributed by atoms with E-state index >= 15 is 0 Å². The van der Waals surface area contributed by atoms with E-state index in [4.69, 9.17) is 10.5 Å². The maximum Gasteiger partial charge on any atom is 0.227 e. The monoisotopic (exact) mass is 220 g/mol. The zero-order valence-corrected chi connectivity index (χ0v) is 9.54. The van der Waals surface area contributed by atoms with Crippen LogP contribution in [0.3, 0.4) is 0 Å². The Balaban J connectivity index is 2.42. The Labute approximate surface area is 94.8 Å². The number of methoxy groups -OCH3 is 1. The van der Waals surface area contributed by atoms with Crippen molar-refractivity contribution in [2.24, 2.45) is 5.92 Å². The zero-order valence-electron chi connectivity index (χ0n) is 9.54. The molecule has 1 atom stereocenters. The van der Waals surface area contributed by atoms with Gasteiger partial charge >= 0.3 is 0 Å². The fraction of sp³-hybridized carbons (Fsp3) is 0.417. The summed E-state index contributed by atoms with van der Waals surface area (Å²) in [6.07, 6.45) is 1.72. The second kappa shape index (κ2) is 4.04. The summed E-state index contributed by atoms with van der Waals surface area (Å²) < 4.78 is 5.14. The quantitative estimate of drug-likeness (QED) is 0.709. The van der Waals surface area contributed by atoms with Crippen molar-refractivity contribution in [2.45, 2.75) is 19.8 Å². The first-order chi connectivity index (χ1) is 7.61. The summed E-state index contributed by atoms with van der Waals surface area (Å²) in [6.45, 7) is 1.93. The molecule has 0 aliphatic carbocycles. The molecule has 1 unspecified atom stereocenters. The fourth-order valence-electron chi connectivity index (χ4n) is 1.90. The molecule has 0 fully saturated rings. The summed E-state index contributed by atoms with van der Waals surface area (Å²) in [7, 11) is 1.57. The molecule has 86 valence electrons. The van der Waals surface area contributed by atoms with Gasteiger partial charge in [-0.3, -0.25) is 4.79 Å². The van der Waals surface area contributed by atoms with Crippen LogP contribution < -0.4 is 15.8 Å². The largest absolute Gasteiger partial charge is 0.495 e. The Morgan fingerprint density at radius 1 is 1.50 bits per heavy atom. The van der Waals surface area contributed by atoms with Gasteiger partial charge in [0.25, 0.3) is 0 Å². The smallest absolute Gasteiger partial charge is 0.227 e. The minimum absolute atomic E-state index is 0.0413. The van der Waals surface area contributed by atoms with E-state index < -0.39 is 0 Å². The van der Waals surface area contributed by atoms with Crippen molar-refractivity contribution in [3.63, 3.8) is 0 Å². The normalized spacial score (nSPS) is 19.6. The van der Waals surface area contributed by atoms with Crippen molar-refractivity contribution in [3.05, 3.63) is 17.7 Å². The number of anilines is 2. The van der Waals surface area contributed by atoms with Crippen LogP contribution in [0, 0.1) is 5.92 Å². The average molecular weight is 220 g/mol. The number of nitrogens with one attached hydrogen (secondary N) is 1. The number of ether oxygens (including phenoxy) is 1. The van der Waals surface area contributed by atoms with Crippen LogP contribution in [0.1, 0.15) is 18.9 Å². The summed E-state index contributed by atoms with van der Waals surface area (Å²) in [5.41, 5.74) is 8.35. The van der Waals surface area contributed by atoms with Crippen molar-refractivity contribution in [1.29, 1.82) is 0 Å². The van der Waals surface area contributed by atoms with Crippen molar-refractivity contribution in [1.82, 2.24) is 0 Å². The van der Waals surface area contributed by atoms with Gasteiger partial charge in [-0.15, -0.1) is 0 Å². The van der Waals surface area contributed by atoms with Gasteiger partial charge in [0.2, 0.25) is 5.91 Å². The molecule has 1 aromatic carbocycles. The molecule has 2 rings (SSSR count). The third-order valence-electron chi connectivity index (χ3n) is 3.01. The van der Waals surface area contributed by atoms with E-state index in [0.29, 0.717) is 11.4 Å². The molecule has 1 amide bonds. The van der Waals surface area contributed by atoms with Crippen LogP contribution in [0.15, 0.2) is 12.1 Å². The number of fused-ring (bicyclic) bond motifs is 1. The highest BCUT2D eigenvalue weighted by molar-refractivity contribution is 5.94. The van der Waals surface area contributed by atoms with Gasteiger partial charge in [0.05, 0.1) is 12.8 Å². The number of amides is 1. The summed E-state index contributed by atoms with van der Waals surface area (Å²) >= 11 is 0. The number of hydrogen-bond donors (Lipinski definition) is 2. The Hall–Kier alpha value is -1.71. The van der Waals surface area contributed by atoms with E-state index in [2.05, 4.69) is 5.32 Å². The molecule has 4 heteroatoms. The lowest BCUT2D eigenvalue weighted by Crippen LogP contribution is -2.18. The van der Waals surface area contributed by atoms with Crippen LogP contribution >= 0.6 is 0 Å². The minimum Gasteiger partial charge on any atom is -0.495 e. The highest BCUT2D eigenvalue weighted by Crippen LogP contribution is 2.32. The lowest BCUT2D eigenvalue weighted by atomic mass is 10.0. The summed E-state index contributed by atoms with van der Waals surface area (Å²) in [5, 5.41) is 2.90. The van der Waals surface area contributed by atoms with Gasteiger partial charge in [0, 0.05) is 17.7 Å². The molecule has 1 aliphatic rings. The molecule has 4 nitrogen and oxygen atoms in total. The van der Waals surface area contributed by atoms with Crippen LogP contribution in [0.5, 0.6) is 5.75 Å². The zero-order chi connectivity index (χ0) is 11.7. The summed E-state index contributed by atoms with van der Waals surface area (Å²) in [4.78, 5) is 11.7. The SMILES string of the molecule is COc1cc2c(cc1N)CCC(C)C(=O)N2. The minimum atomic E-state index is 0.0413. The first-order valence-electron chi connectivity index (χ1n) is 5.39. The number of carbonyl (C=O) groups is 1. The highest BCUT2D eigenvalue weighted by atomic mass is 16.5. The molecule has 16 heavy (non-hydrogen) atoms. The topological polar surface area (TPSA) is 64.3 Å². The predicted octanol–water partition coefficient (Wildman–Crippen LogP) is 1.80. The molecular formula is C12H16N2O2. The van der Waals surface area contributed by atoms with E-state index in [-0.39, 0.29) is 11.8 Å². The lowest BCUT2D eigenvalue weighted by molar-refractivity contribution is -0.119. The molecule has 3 N–H and O–H groups in total. The standard InChI is InChI=1S/C12H16N2O2/c1-7-3-4-8-5-9(13)11(16-2)6-10(8)14-12(7)15/h5-7H,3-4,13H2,1-2H3,(H,14,15). The Morgan fingerprint density at radius 3 is 2.94 bits per heavy atom. The molecule has 1 aromatic rings. The third-order valence-corrected chi connectivity index (χ3v) is 3.01. The van der Waals surface area contributed by atoms with Crippen LogP contribution in [0.2, 0.25) is 0 Å². The van der Waals surface area contributed by atoms with Crippen molar-refractivity contribution < 1.29 is 9.53 Å². The molecule has 0 radical (unpaired) electrons. The third kappa shape index (κ3) is 1.83. The lowest BCUT2D eigenvalue weighted by Gasteiger charge is -2.11. The number of nitrogens with two attached hydrogens (primary N) is 1. The number of aryl methyl sites for hydroxylation is 1. The van der Waals surface area contributed by atoms with Crippen LogP contribution in [-0.4, -0.2) is 13.0 Å². The van der Waals surface area contributed by atoms with Gasteiger partial charge in [-0.25, -0.2) is 0 Å². The molecule has 0 saturated heterocycles. The molecule has 1 aliphatic heterocycles. The molecule has 0 bridgehead atoms. The Kier molecular flexibility index (Phi) is 2.73. The van der Waals surface area contributed by atoms with Gasteiger partial charge in [-0.1, -0.05) is 6.92 Å². The molecule has 0 spiro atoms. The molecule has 0 saturated carbocycles. The second-order valence-electron chi connectivity index (χ2n) is 4.18. The van der Waals surface area contributed by atoms with Gasteiger partial charge in [0.1, 0.15) is 5.75 Å². The Morgan fingerprint density at radius 2 is 2.25 bits per heavy atom. The second-order valence-corrected chi connectivity index (χ2v) is 4.18. The van der Waals surface area contributed by atoms with Crippen LogP contribution in [-0.2, 0) is 11.2 Å². The van der Waals surface area contributed by atoms with E-state index in [1.807, 2.05) is 13.0 Å². The number of rotatable bonds is 1. The van der Waals surface area contributed by atoms with E-state index in [1.165, 1.54) is 0 Å². The van der Waals surface area contributed by atoms with Crippen LogP contribution in [0.25, 0.3) is 0 Å². The summed E-state index contributed by atoms with van der Waals surface area (Å²) in [6, 6.07) is 3.67. The highest BCUT2D eigenvalue weighted by Gasteiger charge is 2.20. The molecule has 1 heterocycles. The van der Waals surface area contributed by atoms with Gasteiger partial charge in [0.15, 0.2) is 0 Å². The van der Waals surface area contributed by atoms with Gasteiger partial charge in [-0.2, -0.15) is 0 Å². The average Bonchev–Trinajstić information content (AvgIpc) is 2.39. The number of benzene rings is 1. The Bertz CT molecular complexity index is 429. The van der Waals surface area contributed by atoms with Gasteiger partial charge in [-0.05, 0) is 24.5 Å². The fourth-order valence-corrected chi connectivity index (χ4v) is 1.90. The predicted molar refractivity (Wildman–Crippen MR) is 63.5 cm³/mol. The summed E-state index contributed by atoms with van der Waals surface area (Å²) in [5.74, 6) is 0.707. The van der Waals surface area contributed by atoms with E-state index in [9.17, 15) is 4.79 Å². The van der Waals surface area contributed by atoms with E-state index in [1.54, 1.807) is 13.2 Å². The first kappa shape index (κ1) is 10.8. The van der Waals surface area contributed by atoms with Crippen LogP contribution in [0.4, 0.5) is 11.4 Å².